The van der Waals surface area contributed by atoms with Gasteiger partial charge < -0.3 is 0 Å². The first-order chi connectivity index (χ1) is 6.19. The lowest BCUT2D eigenvalue weighted by molar-refractivity contribution is 0.623. The third kappa shape index (κ3) is 1.83. The molecular formula is C10H7FN2. The molecule has 0 aliphatic rings. The fraction of sp³-hybridized carbons (Fsp3) is 0.200. The topological polar surface area (TPSA) is 47.6 Å². The summed E-state index contributed by atoms with van der Waals surface area (Å²) in [6.45, 7) is 1.70. The molecule has 0 saturated heterocycles. The zero-order valence-corrected chi connectivity index (χ0v) is 7.08. The Morgan fingerprint density at radius 1 is 1.38 bits per heavy atom. The van der Waals surface area contributed by atoms with Gasteiger partial charge in [-0.15, -0.1) is 0 Å². The SMILES string of the molecule is CC(C#N)c1ccc(F)c(C#N)c1. The van der Waals surface area contributed by atoms with Crippen LogP contribution in [0.15, 0.2) is 18.2 Å². The molecule has 1 atom stereocenters. The summed E-state index contributed by atoms with van der Waals surface area (Å²) in [5.74, 6) is -0.857. The molecule has 0 saturated carbocycles. The third-order valence-corrected chi connectivity index (χ3v) is 1.80. The average molecular weight is 174 g/mol. The van der Waals surface area contributed by atoms with E-state index in [-0.39, 0.29) is 11.5 Å². The summed E-state index contributed by atoms with van der Waals surface area (Å²) in [6.07, 6.45) is 0. The molecule has 64 valence electrons. The Morgan fingerprint density at radius 2 is 2.08 bits per heavy atom. The van der Waals surface area contributed by atoms with Gasteiger partial charge in [0, 0.05) is 0 Å². The second-order valence-electron chi connectivity index (χ2n) is 2.70. The van der Waals surface area contributed by atoms with E-state index in [2.05, 4.69) is 0 Å². The van der Waals surface area contributed by atoms with Crippen LogP contribution in [0, 0.1) is 28.5 Å². The van der Waals surface area contributed by atoms with Crippen LogP contribution in [-0.2, 0) is 0 Å². The zero-order chi connectivity index (χ0) is 9.84. The highest BCUT2D eigenvalue weighted by molar-refractivity contribution is 5.37. The second kappa shape index (κ2) is 3.69. The van der Waals surface area contributed by atoms with Crippen LogP contribution < -0.4 is 0 Å². The third-order valence-electron chi connectivity index (χ3n) is 1.80. The van der Waals surface area contributed by atoms with Crippen molar-refractivity contribution in [1.82, 2.24) is 0 Å². The van der Waals surface area contributed by atoms with E-state index in [1.165, 1.54) is 18.2 Å². The summed E-state index contributed by atoms with van der Waals surface area (Å²) in [7, 11) is 0. The maximum atomic E-state index is 12.8. The van der Waals surface area contributed by atoms with Gasteiger partial charge in [0.15, 0.2) is 0 Å². The van der Waals surface area contributed by atoms with Crippen LogP contribution in [0.3, 0.4) is 0 Å². The van der Waals surface area contributed by atoms with E-state index in [4.69, 9.17) is 10.5 Å². The van der Waals surface area contributed by atoms with E-state index in [9.17, 15) is 4.39 Å². The monoisotopic (exact) mass is 174 g/mol. The lowest BCUT2D eigenvalue weighted by atomic mass is 10.0. The summed E-state index contributed by atoms with van der Waals surface area (Å²) in [5, 5.41) is 17.1. The van der Waals surface area contributed by atoms with Gasteiger partial charge in [-0.3, -0.25) is 0 Å². The smallest absolute Gasteiger partial charge is 0.140 e. The van der Waals surface area contributed by atoms with E-state index < -0.39 is 5.82 Å². The minimum Gasteiger partial charge on any atom is -0.206 e. The number of halogens is 1. The van der Waals surface area contributed by atoms with Crippen molar-refractivity contribution in [3.63, 3.8) is 0 Å². The Morgan fingerprint density at radius 3 is 2.62 bits per heavy atom. The van der Waals surface area contributed by atoms with Crippen molar-refractivity contribution in [3.05, 3.63) is 35.1 Å². The number of hydrogen-bond acceptors (Lipinski definition) is 2. The highest BCUT2D eigenvalue weighted by atomic mass is 19.1. The Kier molecular flexibility index (Phi) is 2.62. The largest absolute Gasteiger partial charge is 0.206 e. The van der Waals surface area contributed by atoms with E-state index in [0.717, 1.165) is 0 Å². The van der Waals surface area contributed by atoms with E-state index in [1.807, 2.05) is 6.07 Å². The van der Waals surface area contributed by atoms with Crippen molar-refractivity contribution >= 4 is 0 Å². The number of benzene rings is 1. The Bertz CT molecular complexity index is 398. The molecule has 0 aliphatic heterocycles. The highest BCUT2D eigenvalue weighted by Crippen LogP contribution is 2.17. The summed E-state index contributed by atoms with van der Waals surface area (Å²) in [4.78, 5) is 0. The number of hydrogen-bond donors (Lipinski definition) is 0. The molecule has 1 rings (SSSR count). The van der Waals surface area contributed by atoms with Gasteiger partial charge in [-0.25, -0.2) is 4.39 Å². The van der Waals surface area contributed by atoms with Crippen molar-refractivity contribution in [3.8, 4) is 12.1 Å². The van der Waals surface area contributed by atoms with Crippen LogP contribution in [0.2, 0.25) is 0 Å². The molecule has 0 spiro atoms. The highest BCUT2D eigenvalue weighted by Gasteiger charge is 2.07. The van der Waals surface area contributed by atoms with Gasteiger partial charge in [0.2, 0.25) is 0 Å². The van der Waals surface area contributed by atoms with Crippen LogP contribution in [0.5, 0.6) is 0 Å². The predicted octanol–water partition coefficient (Wildman–Crippen LogP) is 2.32. The molecule has 13 heavy (non-hydrogen) atoms. The molecule has 0 aliphatic carbocycles. The quantitative estimate of drug-likeness (QED) is 0.655. The first kappa shape index (κ1) is 9.22. The van der Waals surface area contributed by atoms with Crippen molar-refractivity contribution in [2.75, 3.05) is 0 Å². The lowest BCUT2D eigenvalue weighted by Crippen LogP contribution is -1.92. The summed E-state index contributed by atoms with van der Waals surface area (Å²) >= 11 is 0. The Labute approximate surface area is 75.8 Å². The van der Waals surface area contributed by atoms with Gasteiger partial charge in [-0.1, -0.05) is 6.07 Å². The molecule has 1 unspecified atom stereocenters. The molecule has 0 heterocycles. The molecule has 0 fully saturated rings. The lowest BCUT2D eigenvalue weighted by Gasteiger charge is -2.02. The predicted molar refractivity (Wildman–Crippen MR) is 45.1 cm³/mol. The molecule has 2 nitrogen and oxygen atoms in total. The summed E-state index contributed by atoms with van der Waals surface area (Å²) < 4.78 is 12.8. The van der Waals surface area contributed by atoms with Crippen molar-refractivity contribution in [1.29, 1.82) is 10.5 Å². The fourth-order valence-corrected chi connectivity index (χ4v) is 0.972. The molecule has 0 aromatic heterocycles. The maximum absolute atomic E-state index is 12.8. The molecule has 0 bridgehead atoms. The molecular weight excluding hydrogens is 167 g/mol. The molecule has 0 amide bonds. The minimum absolute atomic E-state index is 0.0143. The van der Waals surface area contributed by atoms with Crippen LogP contribution in [-0.4, -0.2) is 0 Å². The van der Waals surface area contributed by atoms with Crippen molar-refractivity contribution < 1.29 is 4.39 Å². The van der Waals surface area contributed by atoms with Gasteiger partial charge in [0.05, 0.1) is 17.6 Å². The van der Waals surface area contributed by atoms with Crippen molar-refractivity contribution in [2.24, 2.45) is 0 Å². The van der Waals surface area contributed by atoms with Crippen LogP contribution >= 0.6 is 0 Å². The number of rotatable bonds is 1. The fourth-order valence-electron chi connectivity index (χ4n) is 0.972. The van der Waals surface area contributed by atoms with Gasteiger partial charge in [0.25, 0.3) is 0 Å². The maximum Gasteiger partial charge on any atom is 0.140 e. The van der Waals surface area contributed by atoms with Gasteiger partial charge in [0.1, 0.15) is 11.9 Å². The van der Waals surface area contributed by atoms with Crippen LogP contribution in [0.25, 0.3) is 0 Å². The summed E-state index contributed by atoms with van der Waals surface area (Å²) in [5.41, 5.74) is 0.653. The first-order valence-electron chi connectivity index (χ1n) is 3.78. The van der Waals surface area contributed by atoms with Gasteiger partial charge in [-0.2, -0.15) is 10.5 Å². The van der Waals surface area contributed by atoms with Gasteiger partial charge in [-0.05, 0) is 24.6 Å². The number of nitriles is 2. The molecule has 1 aromatic rings. The Balaban J connectivity index is 3.17. The van der Waals surface area contributed by atoms with Crippen LogP contribution in [0.1, 0.15) is 24.0 Å². The molecule has 0 N–H and O–H groups in total. The zero-order valence-electron chi connectivity index (χ0n) is 7.08. The standard InChI is InChI=1S/C10H7FN2/c1-7(5-12)8-2-3-10(11)9(4-8)6-13/h2-4,7H,1H3. The first-order valence-corrected chi connectivity index (χ1v) is 3.78. The minimum atomic E-state index is -0.545. The second-order valence-corrected chi connectivity index (χ2v) is 2.70. The molecule has 1 aromatic carbocycles. The molecule has 0 radical (unpaired) electrons. The van der Waals surface area contributed by atoms with E-state index >= 15 is 0 Å². The normalized spacial score (nSPS) is 11.4. The molecule has 3 heteroatoms. The van der Waals surface area contributed by atoms with Gasteiger partial charge >= 0.3 is 0 Å². The van der Waals surface area contributed by atoms with E-state index in [1.54, 1.807) is 13.0 Å². The van der Waals surface area contributed by atoms with Crippen LogP contribution in [0.4, 0.5) is 4.39 Å². The Hall–Kier alpha value is -1.87. The van der Waals surface area contributed by atoms with E-state index in [0.29, 0.717) is 5.56 Å². The number of nitrogens with zero attached hydrogens (tertiary/aromatic N) is 2. The average Bonchev–Trinajstić information content (AvgIpc) is 2.17. The van der Waals surface area contributed by atoms with Crippen molar-refractivity contribution in [2.45, 2.75) is 12.8 Å². The summed E-state index contributed by atoms with van der Waals surface area (Å²) in [6, 6.07) is 7.88.